The van der Waals surface area contributed by atoms with Gasteiger partial charge in [-0.15, -0.1) is 0 Å². The van der Waals surface area contributed by atoms with Crippen molar-refractivity contribution in [3.05, 3.63) is 24.3 Å². The zero-order valence-corrected chi connectivity index (χ0v) is 12.1. The van der Waals surface area contributed by atoms with Crippen LogP contribution in [0.4, 0.5) is 0 Å². The number of unbranched alkanes of at least 4 members (excludes halogenated alkanes) is 9. The summed E-state index contributed by atoms with van der Waals surface area (Å²) in [6, 6.07) is 0. The fourth-order valence-electron chi connectivity index (χ4n) is 1.94. The average Bonchev–Trinajstić information content (AvgIpc) is 2.39. The van der Waals surface area contributed by atoms with Crippen LogP contribution in [0.1, 0.15) is 77.6 Å². The molecule has 0 fully saturated rings. The second-order valence-corrected chi connectivity index (χ2v) is 4.88. The molecule has 0 saturated carbocycles. The van der Waals surface area contributed by atoms with Crippen molar-refractivity contribution >= 4 is 6.29 Å². The summed E-state index contributed by atoms with van der Waals surface area (Å²) in [6.07, 6.45) is 23.2. The van der Waals surface area contributed by atoms with Crippen LogP contribution in [0.5, 0.6) is 0 Å². The monoisotopic (exact) mass is 250 g/mol. The molecule has 0 radical (unpaired) electrons. The van der Waals surface area contributed by atoms with Gasteiger partial charge in [-0.25, -0.2) is 0 Å². The van der Waals surface area contributed by atoms with E-state index >= 15 is 0 Å². The summed E-state index contributed by atoms with van der Waals surface area (Å²) in [5, 5.41) is 0. The molecule has 0 unspecified atom stereocenters. The third-order valence-electron chi connectivity index (χ3n) is 3.10. The summed E-state index contributed by atoms with van der Waals surface area (Å²) in [5.74, 6) is 0. The van der Waals surface area contributed by atoms with Crippen LogP contribution >= 0.6 is 0 Å². The van der Waals surface area contributed by atoms with Crippen molar-refractivity contribution < 1.29 is 4.79 Å². The SMILES string of the molecule is CCCC/C=C\CCCCCCCC/C=C/C=O. The maximum atomic E-state index is 10.0. The van der Waals surface area contributed by atoms with Crippen LogP contribution in [-0.2, 0) is 4.79 Å². The summed E-state index contributed by atoms with van der Waals surface area (Å²) in [5.41, 5.74) is 0. The third kappa shape index (κ3) is 15.1. The number of rotatable bonds is 13. The minimum atomic E-state index is 0.855. The Labute approximate surface area is 113 Å². The van der Waals surface area contributed by atoms with Gasteiger partial charge in [0.2, 0.25) is 0 Å². The van der Waals surface area contributed by atoms with Crippen molar-refractivity contribution in [3.63, 3.8) is 0 Å². The van der Waals surface area contributed by atoms with Gasteiger partial charge >= 0.3 is 0 Å². The number of allylic oxidation sites excluding steroid dienone is 4. The molecular formula is C17H30O. The van der Waals surface area contributed by atoms with E-state index in [1.807, 2.05) is 6.08 Å². The molecule has 0 N–H and O–H groups in total. The van der Waals surface area contributed by atoms with E-state index in [1.54, 1.807) is 6.08 Å². The minimum absolute atomic E-state index is 0.855. The van der Waals surface area contributed by atoms with Crippen LogP contribution in [0.3, 0.4) is 0 Å². The molecule has 0 bridgehead atoms. The number of hydrogen-bond donors (Lipinski definition) is 0. The molecule has 0 aromatic heterocycles. The Morgan fingerprint density at radius 3 is 1.72 bits per heavy atom. The van der Waals surface area contributed by atoms with Crippen LogP contribution < -0.4 is 0 Å². The average molecular weight is 250 g/mol. The number of carbonyl (C=O) groups is 1. The Hall–Kier alpha value is -0.850. The van der Waals surface area contributed by atoms with E-state index in [9.17, 15) is 4.79 Å². The van der Waals surface area contributed by atoms with E-state index in [1.165, 1.54) is 64.2 Å². The summed E-state index contributed by atoms with van der Waals surface area (Å²) < 4.78 is 0. The lowest BCUT2D eigenvalue weighted by atomic mass is 10.1. The predicted molar refractivity (Wildman–Crippen MR) is 80.8 cm³/mol. The van der Waals surface area contributed by atoms with Crippen molar-refractivity contribution in [3.8, 4) is 0 Å². The van der Waals surface area contributed by atoms with E-state index in [0.29, 0.717) is 0 Å². The van der Waals surface area contributed by atoms with Gasteiger partial charge in [-0.2, -0.15) is 0 Å². The lowest BCUT2D eigenvalue weighted by Gasteiger charge is -1.99. The Bertz CT molecular complexity index is 216. The molecule has 18 heavy (non-hydrogen) atoms. The Kier molecular flexibility index (Phi) is 15.4. The van der Waals surface area contributed by atoms with Crippen LogP contribution in [0.25, 0.3) is 0 Å². The van der Waals surface area contributed by atoms with Gasteiger partial charge in [0.1, 0.15) is 6.29 Å². The fourth-order valence-corrected chi connectivity index (χ4v) is 1.94. The lowest BCUT2D eigenvalue weighted by Crippen LogP contribution is -1.79. The fraction of sp³-hybridized carbons (Fsp3) is 0.706. The number of hydrogen-bond acceptors (Lipinski definition) is 1. The van der Waals surface area contributed by atoms with E-state index in [4.69, 9.17) is 0 Å². The number of carbonyl (C=O) groups excluding carboxylic acids is 1. The van der Waals surface area contributed by atoms with Gasteiger partial charge in [0.15, 0.2) is 0 Å². The van der Waals surface area contributed by atoms with E-state index in [0.717, 1.165) is 12.7 Å². The molecule has 1 heteroatoms. The smallest absolute Gasteiger partial charge is 0.142 e. The second-order valence-electron chi connectivity index (χ2n) is 4.88. The van der Waals surface area contributed by atoms with E-state index in [-0.39, 0.29) is 0 Å². The van der Waals surface area contributed by atoms with Crippen molar-refractivity contribution in [2.45, 2.75) is 77.6 Å². The Morgan fingerprint density at radius 2 is 1.17 bits per heavy atom. The van der Waals surface area contributed by atoms with Crippen molar-refractivity contribution in [2.75, 3.05) is 0 Å². The van der Waals surface area contributed by atoms with Crippen molar-refractivity contribution in [2.24, 2.45) is 0 Å². The third-order valence-corrected chi connectivity index (χ3v) is 3.10. The molecule has 0 aromatic carbocycles. The zero-order valence-electron chi connectivity index (χ0n) is 12.1. The quantitative estimate of drug-likeness (QED) is 0.180. The van der Waals surface area contributed by atoms with Crippen LogP contribution in [-0.4, -0.2) is 6.29 Å². The number of aldehydes is 1. The molecule has 0 rings (SSSR count). The first kappa shape index (κ1) is 17.2. The molecule has 0 heterocycles. The van der Waals surface area contributed by atoms with Crippen LogP contribution in [0, 0.1) is 0 Å². The lowest BCUT2D eigenvalue weighted by molar-refractivity contribution is -0.104. The molecule has 0 aliphatic rings. The highest BCUT2D eigenvalue weighted by atomic mass is 16.1. The zero-order chi connectivity index (χ0) is 13.3. The van der Waals surface area contributed by atoms with Crippen LogP contribution in [0.2, 0.25) is 0 Å². The maximum absolute atomic E-state index is 10.0. The van der Waals surface area contributed by atoms with Crippen LogP contribution in [0.15, 0.2) is 24.3 Å². The Balaban J connectivity index is 3.05. The molecule has 0 atom stereocenters. The highest BCUT2D eigenvalue weighted by Crippen LogP contribution is 2.09. The van der Waals surface area contributed by atoms with Gasteiger partial charge in [0.05, 0.1) is 0 Å². The van der Waals surface area contributed by atoms with Gasteiger partial charge in [0, 0.05) is 0 Å². The topological polar surface area (TPSA) is 17.1 Å². The van der Waals surface area contributed by atoms with Gasteiger partial charge in [0.25, 0.3) is 0 Å². The molecule has 0 aromatic rings. The molecule has 0 saturated heterocycles. The summed E-state index contributed by atoms with van der Waals surface area (Å²) in [7, 11) is 0. The second kappa shape index (κ2) is 16.1. The maximum Gasteiger partial charge on any atom is 0.142 e. The summed E-state index contributed by atoms with van der Waals surface area (Å²) in [4.78, 5) is 10.0. The predicted octanol–water partition coefficient (Wildman–Crippen LogP) is 5.61. The van der Waals surface area contributed by atoms with E-state index in [2.05, 4.69) is 19.1 Å². The summed E-state index contributed by atoms with van der Waals surface area (Å²) >= 11 is 0. The van der Waals surface area contributed by atoms with Gasteiger partial charge in [-0.1, -0.05) is 63.7 Å². The molecular weight excluding hydrogens is 220 g/mol. The highest BCUT2D eigenvalue weighted by Gasteiger charge is 1.89. The van der Waals surface area contributed by atoms with E-state index < -0.39 is 0 Å². The normalized spacial score (nSPS) is 11.6. The largest absolute Gasteiger partial charge is 0.299 e. The van der Waals surface area contributed by atoms with Gasteiger partial charge < -0.3 is 0 Å². The first-order valence-corrected chi connectivity index (χ1v) is 7.67. The van der Waals surface area contributed by atoms with Crippen molar-refractivity contribution in [1.82, 2.24) is 0 Å². The van der Waals surface area contributed by atoms with Gasteiger partial charge in [-0.3, -0.25) is 4.79 Å². The Morgan fingerprint density at radius 1 is 0.667 bits per heavy atom. The van der Waals surface area contributed by atoms with Crippen molar-refractivity contribution in [1.29, 1.82) is 0 Å². The molecule has 0 aliphatic carbocycles. The molecule has 0 spiro atoms. The molecule has 0 aliphatic heterocycles. The first-order chi connectivity index (χ1) is 8.91. The molecule has 104 valence electrons. The molecule has 1 nitrogen and oxygen atoms in total. The first-order valence-electron chi connectivity index (χ1n) is 7.67. The summed E-state index contributed by atoms with van der Waals surface area (Å²) in [6.45, 7) is 2.24. The minimum Gasteiger partial charge on any atom is -0.299 e. The highest BCUT2D eigenvalue weighted by molar-refractivity contribution is 5.64. The van der Waals surface area contributed by atoms with Gasteiger partial charge in [-0.05, 0) is 38.2 Å². The standard InChI is InChI=1S/C17H30O/c1-2-3-4-5-6-7-8-9-10-11-12-13-14-15-16-17-18/h5-6,15-17H,2-4,7-14H2,1H3/b6-5-,16-15+. The molecule has 0 amide bonds.